The Bertz CT molecular complexity index is 153. The molecule has 0 aromatic carbocycles. The molecule has 0 heterocycles. The molecule has 1 fully saturated rings. The van der Waals surface area contributed by atoms with E-state index in [0.717, 1.165) is 5.92 Å². The van der Waals surface area contributed by atoms with Crippen LogP contribution in [0.5, 0.6) is 0 Å². The molecule has 0 aromatic rings. The van der Waals surface area contributed by atoms with E-state index in [1.807, 2.05) is 0 Å². The Balaban J connectivity index is 2.28. The van der Waals surface area contributed by atoms with Crippen LogP contribution in [0.15, 0.2) is 0 Å². The average Bonchev–Trinajstić information content (AvgIpc) is 2.95. The molecule has 0 aliphatic heterocycles. The fourth-order valence-electron chi connectivity index (χ4n) is 1.27. The third-order valence-corrected chi connectivity index (χ3v) is 4.78. The molecule has 0 spiro atoms. The molecule has 3 atom stereocenters. The first-order valence-electron chi connectivity index (χ1n) is 4.60. The van der Waals surface area contributed by atoms with Crippen LogP contribution >= 0.6 is 45.8 Å². The lowest BCUT2D eigenvalue weighted by atomic mass is 10.2. The first kappa shape index (κ1) is 12.3. The van der Waals surface area contributed by atoms with Gasteiger partial charge in [-0.2, -0.15) is 0 Å². The smallest absolute Gasteiger partial charge is 0.0843 e. The summed E-state index contributed by atoms with van der Waals surface area (Å²) in [6.45, 7) is 2.13. The van der Waals surface area contributed by atoms with Gasteiger partial charge >= 0.3 is 0 Å². The van der Waals surface area contributed by atoms with Crippen molar-refractivity contribution in [1.29, 1.82) is 0 Å². The highest BCUT2D eigenvalue weighted by molar-refractivity contribution is 14.1. The van der Waals surface area contributed by atoms with Gasteiger partial charge in [-0.1, -0.05) is 22.6 Å². The summed E-state index contributed by atoms with van der Waals surface area (Å²) in [6.07, 6.45) is 3.07. The number of alkyl halides is 3. The summed E-state index contributed by atoms with van der Waals surface area (Å²) < 4.78 is 6.17. The van der Waals surface area contributed by atoms with Crippen molar-refractivity contribution in [2.24, 2.45) is 5.92 Å². The first-order chi connectivity index (χ1) is 6.19. The van der Waals surface area contributed by atoms with Gasteiger partial charge in [-0.25, -0.2) is 0 Å². The Morgan fingerprint density at radius 2 is 2.00 bits per heavy atom. The quantitative estimate of drug-likeness (QED) is 0.533. The largest absolute Gasteiger partial charge is 0.373 e. The summed E-state index contributed by atoms with van der Waals surface area (Å²) in [5.74, 6) is 1.91. The van der Waals surface area contributed by atoms with Crippen LogP contribution in [0.2, 0.25) is 0 Å². The molecule has 78 valence electrons. The zero-order valence-electron chi connectivity index (χ0n) is 7.68. The van der Waals surface area contributed by atoms with Crippen LogP contribution in [0.3, 0.4) is 0 Å². The van der Waals surface area contributed by atoms with Crippen molar-refractivity contribution in [1.82, 2.24) is 0 Å². The van der Waals surface area contributed by atoms with Gasteiger partial charge in [0.25, 0.3) is 0 Å². The molecular weight excluding hydrogens is 322 g/mol. The van der Waals surface area contributed by atoms with Crippen molar-refractivity contribution in [3.8, 4) is 0 Å². The van der Waals surface area contributed by atoms with Crippen LogP contribution in [0.25, 0.3) is 0 Å². The molecule has 0 radical (unpaired) electrons. The van der Waals surface area contributed by atoms with Crippen molar-refractivity contribution in [2.75, 3.05) is 11.8 Å². The second-order valence-corrected chi connectivity index (χ2v) is 5.76. The highest BCUT2D eigenvalue weighted by Crippen LogP contribution is 2.35. The van der Waals surface area contributed by atoms with Gasteiger partial charge < -0.3 is 4.74 Å². The lowest BCUT2D eigenvalue weighted by Crippen LogP contribution is -2.31. The Kier molecular flexibility index (Phi) is 5.68. The first-order valence-corrected chi connectivity index (χ1v) is 6.92. The van der Waals surface area contributed by atoms with Crippen molar-refractivity contribution < 1.29 is 4.74 Å². The molecule has 13 heavy (non-hydrogen) atoms. The van der Waals surface area contributed by atoms with E-state index in [9.17, 15) is 0 Å². The third kappa shape index (κ3) is 4.10. The second-order valence-electron chi connectivity index (χ2n) is 3.54. The Labute approximate surface area is 104 Å². The number of halogens is 3. The van der Waals surface area contributed by atoms with Crippen LogP contribution < -0.4 is 0 Å². The van der Waals surface area contributed by atoms with Crippen molar-refractivity contribution in [3.63, 3.8) is 0 Å². The topological polar surface area (TPSA) is 9.23 Å². The van der Waals surface area contributed by atoms with Gasteiger partial charge in [-0.3, -0.25) is 0 Å². The highest BCUT2D eigenvalue weighted by Gasteiger charge is 2.31. The van der Waals surface area contributed by atoms with E-state index in [0.29, 0.717) is 21.8 Å². The van der Waals surface area contributed by atoms with E-state index in [1.54, 1.807) is 0 Å². The van der Waals surface area contributed by atoms with E-state index in [2.05, 4.69) is 29.5 Å². The van der Waals surface area contributed by atoms with Gasteiger partial charge in [0.1, 0.15) is 0 Å². The van der Waals surface area contributed by atoms with E-state index in [-0.39, 0.29) is 6.10 Å². The Morgan fingerprint density at radius 3 is 2.38 bits per heavy atom. The van der Waals surface area contributed by atoms with Gasteiger partial charge in [-0.15, -0.1) is 23.2 Å². The SMILES string of the molecule is CC(OC(CCl)C(I)CCl)C1CC1. The lowest BCUT2D eigenvalue weighted by Gasteiger charge is -2.23. The molecule has 1 rings (SSSR count). The molecule has 3 unspecified atom stereocenters. The summed E-state index contributed by atoms with van der Waals surface area (Å²) in [5, 5.41) is 0. The zero-order chi connectivity index (χ0) is 9.84. The fourth-order valence-corrected chi connectivity index (χ4v) is 2.48. The van der Waals surface area contributed by atoms with Gasteiger partial charge in [0.2, 0.25) is 0 Å². The molecule has 0 amide bonds. The maximum Gasteiger partial charge on any atom is 0.0843 e. The van der Waals surface area contributed by atoms with E-state index >= 15 is 0 Å². The standard InChI is InChI=1S/C9H15Cl2IO/c1-6(7-2-3-7)13-9(5-11)8(12)4-10/h6-9H,2-5H2,1H3. The van der Waals surface area contributed by atoms with Gasteiger partial charge in [0.15, 0.2) is 0 Å². The monoisotopic (exact) mass is 336 g/mol. The Morgan fingerprint density at radius 1 is 1.38 bits per heavy atom. The van der Waals surface area contributed by atoms with E-state index < -0.39 is 0 Å². The summed E-state index contributed by atoms with van der Waals surface area (Å²) in [5.41, 5.74) is 0. The fraction of sp³-hybridized carbons (Fsp3) is 1.00. The Hall–Kier alpha value is 1.27. The van der Waals surface area contributed by atoms with E-state index in [4.69, 9.17) is 27.9 Å². The molecule has 0 aromatic heterocycles. The maximum absolute atomic E-state index is 5.85. The summed E-state index contributed by atoms with van der Waals surface area (Å²) in [4.78, 5) is 0. The lowest BCUT2D eigenvalue weighted by molar-refractivity contribution is 0.00231. The molecular formula is C9H15Cl2IO. The van der Waals surface area contributed by atoms with Gasteiger partial charge in [0, 0.05) is 11.8 Å². The van der Waals surface area contributed by atoms with E-state index in [1.165, 1.54) is 12.8 Å². The molecule has 0 bridgehead atoms. The third-order valence-electron chi connectivity index (χ3n) is 2.38. The minimum atomic E-state index is 0.107. The predicted octanol–water partition coefficient (Wildman–Crippen LogP) is 3.45. The molecule has 4 heteroatoms. The van der Waals surface area contributed by atoms with Gasteiger partial charge in [-0.05, 0) is 25.7 Å². The number of ether oxygens (including phenoxy) is 1. The highest BCUT2D eigenvalue weighted by atomic mass is 127. The van der Waals surface area contributed by atoms with Crippen LogP contribution in [0, 0.1) is 5.92 Å². The van der Waals surface area contributed by atoms with Crippen molar-refractivity contribution in [2.45, 2.75) is 35.9 Å². The minimum absolute atomic E-state index is 0.107. The second kappa shape index (κ2) is 5.99. The summed E-state index contributed by atoms with van der Waals surface area (Å²) in [7, 11) is 0. The normalized spacial score (nSPS) is 24.0. The molecule has 1 nitrogen and oxygen atoms in total. The molecule has 1 saturated carbocycles. The molecule has 1 aliphatic rings. The minimum Gasteiger partial charge on any atom is -0.373 e. The van der Waals surface area contributed by atoms with Crippen LogP contribution in [-0.2, 0) is 4.74 Å². The molecule has 1 aliphatic carbocycles. The predicted molar refractivity (Wildman–Crippen MR) is 66.3 cm³/mol. The number of hydrogen-bond donors (Lipinski definition) is 0. The number of hydrogen-bond acceptors (Lipinski definition) is 1. The molecule has 0 N–H and O–H groups in total. The number of rotatable bonds is 6. The van der Waals surface area contributed by atoms with Crippen molar-refractivity contribution in [3.05, 3.63) is 0 Å². The van der Waals surface area contributed by atoms with Crippen LogP contribution in [-0.4, -0.2) is 27.9 Å². The average molecular weight is 337 g/mol. The molecule has 0 saturated heterocycles. The zero-order valence-corrected chi connectivity index (χ0v) is 11.3. The van der Waals surface area contributed by atoms with Crippen LogP contribution in [0.4, 0.5) is 0 Å². The van der Waals surface area contributed by atoms with Gasteiger partial charge in [0.05, 0.1) is 16.1 Å². The summed E-state index contributed by atoms with van der Waals surface area (Å²) in [6, 6.07) is 0. The maximum atomic E-state index is 5.85. The van der Waals surface area contributed by atoms with Crippen molar-refractivity contribution >= 4 is 45.8 Å². The van der Waals surface area contributed by atoms with Crippen LogP contribution in [0.1, 0.15) is 19.8 Å². The summed E-state index contributed by atoms with van der Waals surface area (Å²) >= 11 is 13.9.